The summed E-state index contributed by atoms with van der Waals surface area (Å²) in [4.78, 5) is 17.4. The van der Waals surface area contributed by atoms with E-state index in [0.29, 0.717) is 5.75 Å². The molecule has 0 aliphatic heterocycles. The van der Waals surface area contributed by atoms with Gasteiger partial charge in [-0.25, -0.2) is 4.98 Å². The first kappa shape index (κ1) is 14.8. The molecule has 3 rings (SSSR count). The number of thiazole rings is 1. The smallest absolute Gasteiger partial charge is 0.282 e. The molecule has 0 atom stereocenters. The van der Waals surface area contributed by atoms with E-state index in [2.05, 4.69) is 15.0 Å². The Labute approximate surface area is 133 Å². The standard InChI is InChI=1S/C14H9N5O3S/c15-18-17-10-6-5-9(7-12(10)19(20)21)22-8-14-16-11-3-1-2-4-13(11)23-14/h1-7H,8H2. The lowest BCUT2D eigenvalue weighted by Gasteiger charge is -2.04. The van der Waals surface area contributed by atoms with Gasteiger partial charge in [-0.2, -0.15) is 0 Å². The summed E-state index contributed by atoms with van der Waals surface area (Å²) in [6, 6.07) is 11.8. The van der Waals surface area contributed by atoms with Crippen molar-refractivity contribution in [2.75, 3.05) is 0 Å². The summed E-state index contributed by atoms with van der Waals surface area (Å²) in [6.45, 7) is 0.206. The van der Waals surface area contributed by atoms with Crippen LogP contribution in [0.15, 0.2) is 47.6 Å². The average Bonchev–Trinajstić information content (AvgIpc) is 2.97. The van der Waals surface area contributed by atoms with Gasteiger partial charge < -0.3 is 4.74 Å². The van der Waals surface area contributed by atoms with Gasteiger partial charge in [0, 0.05) is 4.91 Å². The summed E-state index contributed by atoms with van der Waals surface area (Å²) in [6.07, 6.45) is 0. The van der Waals surface area contributed by atoms with Crippen LogP contribution < -0.4 is 4.74 Å². The molecule has 23 heavy (non-hydrogen) atoms. The molecule has 0 fully saturated rings. The predicted molar refractivity (Wildman–Crippen MR) is 85.9 cm³/mol. The zero-order valence-electron chi connectivity index (χ0n) is 11.6. The Morgan fingerprint density at radius 3 is 2.91 bits per heavy atom. The number of benzene rings is 2. The highest BCUT2D eigenvalue weighted by atomic mass is 32.1. The van der Waals surface area contributed by atoms with Crippen molar-refractivity contribution in [2.24, 2.45) is 5.11 Å². The maximum absolute atomic E-state index is 11.0. The van der Waals surface area contributed by atoms with Crippen LogP contribution in [0.2, 0.25) is 0 Å². The molecule has 0 spiro atoms. The molecular weight excluding hydrogens is 318 g/mol. The number of hydrogen-bond acceptors (Lipinski definition) is 6. The maximum atomic E-state index is 11.0. The van der Waals surface area contributed by atoms with Gasteiger partial charge in [-0.05, 0) is 29.8 Å². The van der Waals surface area contributed by atoms with Crippen molar-refractivity contribution in [2.45, 2.75) is 6.61 Å². The first-order valence-corrected chi connectivity index (χ1v) is 7.30. The third-order valence-electron chi connectivity index (χ3n) is 3.00. The minimum absolute atomic E-state index is 0.0511. The molecule has 1 aromatic heterocycles. The molecule has 0 bridgehead atoms. The van der Waals surface area contributed by atoms with E-state index >= 15 is 0 Å². The van der Waals surface area contributed by atoms with Gasteiger partial charge >= 0.3 is 0 Å². The minimum Gasteiger partial charge on any atom is -0.486 e. The predicted octanol–water partition coefficient (Wildman–Crippen LogP) is 4.73. The van der Waals surface area contributed by atoms with Crippen LogP contribution >= 0.6 is 11.3 Å². The van der Waals surface area contributed by atoms with Crippen LogP contribution in [0.4, 0.5) is 11.4 Å². The molecule has 0 saturated heterocycles. The van der Waals surface area contributed by atoms with E-state index in [0.717, 1.165) is 15.2 Å². The Hall–Kier alpha value is -3.16. The molecular formula is C14H9N5O3S. The summed E-state index contributed by atoms with van der Waals surface area (Å²) in [5.41, 5.74) is 8.95. The number of para-hydroxylation sites is 1. The van der Waals surface area contributed by atoms with Crippen LogP contribution in [0.25, 0.3) is 20.7 Å². The van der Waals surface area contributed by atoms with Crippen molar-refractivity contribution in [3.05, 3.63) is 68.0 Å². The van der Waals surface area contributed by atoms with Crippen LogP contribution in [-0.4, -0.2) is 9.91 Å². The van der Waals surface area contributed by atoms with Crippen LogP contribution in [0, 0.1) is 10.1 Å². The monoisotopic (exact) mass is 327 g/mol. The number of nitro groups is 1. The maximum Gasteiger partial charge on any atom is 0.282 e. The molecule has 0 unspecified atom stereocenters. The quantitative estimate of drug-likeness (QED) is 0.221. The summed E-state index contributed by atoms with van der Waals surface area (Å²) in [5, 5.41) is 15.1. The number of azide groups is 1. The summed E-state index contributed by atoms with van der Waals surface area (Å²) in [7, 11) is 0. The molecule has 3 aromatic rings. The summed E-state index contributed by atoms with van der Waals surface area (Å²) < 4.78 is 6.61. The lowest BCUT2D eigenvalue weighted by molar-refractivity contribution is -0.384. The minimum atomic E-state index is -0.617. The highest BCUT2D eigenvalue weighted by Gasteiger charge is 2.14. The number of nitrogens with zero attached hydrogens (tertiary/aromatic N) is 5. The molecule has 1 heterocycles. The van der Waals surface area contributed by atoms with Crippen molar-refractivity contribution in [3.63, 3.8) is 0 Å². The van der Waals surface area contributed by atoms with Gasteiger partial charge in [0.1, 0.15) is 23.1 Å². The van der Waals surface area contributed by atoms with E-state index in [1.807, 2.05) is 24.3 Å². The molecule has 2 aromatic carbocycles. The number of rotatable bonds is 5. The Balaban J connectivity index is 1.81. The van der Waals surface area contributed by atoms with Crippen molar-refractivity contribution in [1.29, 1.82) is 0 Å². The van der Waals surface area contributed by atoms with Gasteiger partial charge in [0.25, 0.3) is 5.69 Å². The Morgan fingerprint density at radius 2 is 2.17 bits per heavy atom. The van der Waals surface area contributed by atoms with Gasteiger partial charge in [-0.1, -0.05) is 17.2 Å². The van der Waals surface area contributed by atoms with Gasteiger partial charge in [0.05, 0.1) is 21.2 Å². The average molecular weight is 327 g/mol. The molecule has 0 amide bonds. The largest absolute Gasteiger partial charge is 0.486 e. The van der Waals surface area contributed by atoms with Crippen molar-refractivity contribution in [3.8, 4) is 5.75 Å². The third-order valence-corrected chi connectivity index (χ3v) is 4.01. The number of nitro benzene ring substituents is 1. The zero-order chi connectivity index (χ0) is 16.2. The normalized spacial score (nSPS) is 10.3. The fraction of sp³-hybridized carbons (Fsp3) is 0.0714. The Morgan fingerprint density at radius 1 is 1.35 bits per heavy atom. The van der Waals surface area contributed by atoms with E-state index in [1.165, 1.54) is 29.5 Å². The molecule has 0 N–H and O–H groups in total. The van der Waals surface area contributed by atoms with Crippen LogP contribution in [0.5, 0.6) is 5.75 Å². The zero-order valence-corrected chi connectivity index (χ0v) is 12.4. The summed E-state index contributed by atoms with van der Waals surface area (Å²) >= 11 is 1.50. The number of ether oxygens (including phenoxy) is 1. The van der Waals surface area contributed by atoms with Gasteiger partial charge in [-0.15, -0.1) is 11.3 Å². The SMILES string of the molecule is [N-]=[N+]=Nc1ccc(OCc2nc3ccccc3s2)cc1[N+](=O)[O-]. The first-order valence-electron chi connectivity index (χ1n) is 6.48. The topological polar surface area (TPSA) is 114 Å². The van der Waals surface area contributed by atoms with Gasteiger partial charge in [0.2, 0.25) is 0 Å². The number of hydrogen-bond donors (Lipinski definition) is 0. The lowest BCUT2D eigenvalue weighted by atomic mass is 10.2. The Kier molecular flexibility index (Phi) is 4.05. The van der Waals surface area contributed by atoms with Crippen LogP contribution in [-0.2, 0) is 6.61 Å². The Bertz CT molecular complexity index is 900. The van der Waals surface area contributed by atoms with Crippen LogP contribution in [0.3, 0.4) is 0 Å². The van der Waals surface area contributed by atoms with E-state index < -0.39 is 4.92 Å². The van der Waals surface area contributed by atoms with E-state index in [-0.39, 0.29) is 18.0 Å². The second-order valence-corrected chi connectivity index (χ2v) is 5.58. The molecule has 0 aliphatic carbocycles. The fourth-order valence-electron chi connectivity index (χ4n) is 2.00. The summed E-state index contributed by atoms with van der Waals surface area (Å²) in [5.74, 6) is 0.313. The van der Waals surface area contributed by atoms with E-state index in [9.17, 15) is 10.1 Å². The number of fused-ring (bicyclic) bond motifs is 1. The van der Waals surface area contributed by atoms with E-state index in [4.69, 9.17) is 10.3 Å². The molecule has 0 aliphatic rings. The molecule has 8 nitrogen and oxygen atoms in total. The fourth-order valence-corrected chi connectivity index (χ4v) is 2.88. The highest BCUT2D eigenvalue weighted by Crippen LogP contribution is 2.32. The van der Waals surface area contributed by atoms with Crippen molar-refractivity contribution in [1.82, 2.24) is 4.98 Å². The third kappa shape index (κ3) is 3.20. The second kappa shape index (κ2) is 6.30. The highest BCUT2D eigenvalue weighted by molar-refractivity contribution is 7.18. The van der Waals surface area contributed by atoms with Gasteiger partial charge in [0.15, 0.2) is 0 Å². The number of aromatic nitrogens is 1. The van der Waals surface area contributed by atoms with Gasteiger partial charge in [-0.3, -0.25) is 10.1 Å². The van der Waals surface area contributed by atoms with Crippen LogP contribution in [0.1, 0.15) is 5.01 Å². The second-order valence-electron chi connectivity index (χ2n) is 4.46. The van der Waals surface area contributed by atoms with E-state index in [1.54, 1.807) is 0 Å². The molecule has 0 saturated carbocycles. The van der Waals surface area contributed by atoms with Crippen molar-refractivity contribution < 1.29 is 9.66 Å². The molecule has 114 valence electrons. The molecule has 9 heteroatoms. The molecule has 0 radical (unpaired) electrons. The first-order chi connectivity index (χ1) is 11.2. The lowest BCUT2D eigenvalue weighted by Crippen LogP contribution is -1.96. The van der Waals surface area contributed by atoms with Crippen molar-refractivity contribution >= 4 is 32.9 Å².